The first-order valence-electron chi connectivity index (χ1n) is 11.4. The predicted molar refractivity (Wildman–Crippen MR) is 133 cm³/mol. The summed E-state index contributed by atoms with van der Waals surface area (Å²) in [6.45, 7) is 4.26. The number of benzene rings is 2. The van der Waals surface area contributed by atoms with Crippen molar-refractivity contribution in [2.24, 2.45) is 0 Å². The number of aliphatic hydroxyl groups excluding tert-OH is 1. The van der Waals surface area contributed by atoms with E-state index < -0.39 is 6.10 Å². The molecule has 0 fully saturated rings. The molecule has 1 heterocycles. The minimum atomic E-state index is -0.479. The number of ether oxygens (including phenoxy) is 2. The Hall–Kier alpha value is -3.09. The Labute approximate surface area is 196 Å². The van der Waals surface area contributed by atoms with E-state index in [0.717, 1.165) is 35.9 Å². The lowest BCUT2D eigenvalue weighted by Gasteiger charge is -2.21. The summed E-state index contributed by atoms with van der Waals surface area (Å²) >= 11 is 0. The van der Waals surface area contributed by atoms with Gasteiger partial charge in [-0.05, 0) is 56.4 Å². The number of carbonyl (C=O) groups is 1. The van der Waals surface area contributed by atoms with Crippen molar-refractivity contribution in [2.45, 2.75) is 32.4 Å². The number of aliphatic hydroxyl groups is 1. The van der Waals surface area contributed by atoms with Crippen molar-refractivity contribution < 1.29 is 19.4 Å². The van der Waals surface area contributed by atoms with E-state index >= 15 is 0 Å². The van der Waals surface area contributed by atoms with Crippen LogP contribution in [0.3, 0.4) is 0 Å². The molecule has 176 valence electrons. The second-order valence-corrected chi connectivity index (χ2v) is 8.29. The maximum absolute atomic E-state index is 12.8. The van der Waals surface area contributed by atoms with Gasteiger partial charge in [-0.3, -0.25) is 4.79 Å². The molecule has 0 saturated heterocycles. The van der Waals surface area contributed by atoms with Crippen LogP contribution in [0, 0.1) is 0 Å². The van der Waals surface area contributed by atoms with Gasteiger partial charge < -0.3 is 24.0 Å². The SMILES string of the molecule is CCCCN(C)CC(O)Cn1cc(C=CC(=O)c2ccc(OC)c(OC)c2)c2ccccc21. The molecule has 6 heteroatoms. The van der Waals surface area contributed by atoms with E-state index in [4.69, 9.17) is 9.47 Å². The Kier molecular flexibility index (Phi) is 8.69. The van der Waals surface area contributed by atoms with E-state index in [1.165, 1.54) is 0 Å². The van der Waals surface area contributed by atoms with Gasteiger partial charge in [0.15, 0.2) is 17.3 Å². The summed E-state index contributed by atoms with van der Waals surface area (Å²) in [5.41, 5.74) is 2.50. The summed E-state index contributed by atoms with van der Waals surface area (Å²) in [7, 11) is 5.16. The fraction of sp³-hybridized carbons (Fsp3) is 0.370. The molecule has 0 radical (unpaired) electrons. The van der Waals surface area contributed by atoms with Gasteiger partial charge in [-0.15, -0.1) is 0 Å². The van der Waals surface area contributed by atoms with Crippen molar-refractivity contribution in [3.63, 3.8) is 0 Å². The molecule has 3 rings (SSSR count). The molecule has 0 bridgehead atoms. The average molecular weight is 451 g/mol. The summed E-state index contributed by atoms with van der Waals surface area (Å²) < 4.78 is 12.6. The Morgan fingerprint density at radius 3 is 2.64 bits per heavy atom. The molecule has 1 aromatic heterocycles. The van der Waals surface area contributed by atoms with Gasteiger partial charge in [0.05, 0.1) is 20.3 Å². The summed E-state index contributed by atoms with van der Waals surface area (Å²) in [5, 5.41) is 11.7. The van der Waals surface area contributed by atoms with Gasteiger partial charge in [0.2, 0.25) is 0 Å². The Morgan fingerprint density at radius 1 is 1.15 bits per heavy atom. The largest absolute Gasteiger partial charge is 0.493 e. The van der Waals surface area contributed by atoms with Gasteiger partial charge >= 0.3 is 0 Å². The molecule has 1 unspecified atom stereocenters. The predicted octanol–water partition coefficient (Wildman–Crippen LogP) is 4.65. The smallest absolute Gasteiger partial charge is 0.185 e. The van der Waals surface area contributed by atoms with Crippen LogP contribution in [0.1, 0.15) is 35.7 Å². The zero-order valence-corrected chi connectivity index (χ0v) is 20.0. The standard InChI is InChI=1S/C27H34N2O4/c1-5-6-15-28(2)18-22(30)19-29-17-21(23-9-7-8-10-24(23)29)11-13-25(31)20-12-14-26(32-3)27(16-20)33-4/h7-14,16-17,22,30H,5-6,15,18-19H2,1-4H3. The molecule has 1 atom stereocenters. The van der Waals surface area contributed by atoms with Crippen LogP contribution >= 0.6 is 0 Å². The van der Waals surface area contributed by atoms with Crippen LogP contribution in [0.2, 0.25) is 0 Å². The highest BCUT2D eigenvalue weighted by atomic mass is 16.5. The highest BCUT2D eigenvalue weighted by Crippen LogP contribution is 2.28. The topological polar surface area (TPSA) is 63.9 Å². The number of para-hydroxylation sites is 1. The van der Waals surface area contributed by atoms with Crippen LogP contribution < -0.4 is 9.47 Å². The number of hydrogen-bond donors (Lipinski definition) is 1. The van der Waals surface area contributed by atoms with Crippen LogP contribution in [0.4, 0.5) is 0 Å². The van der Waals surface area contributed by atoms with Gasteiger partial charge in [0, 0.05) is 41.3 Å². The summed E-state index contributed by atoms with van der Waals surface area (Å²) in [6, 6.07) is 13.2. The molecule has 0 aliphatic rings. The van der Waals surface area contributed by atoms with Crippen LogP contribution in [-0.4, -0.2) is 60.8 Å². The van der Waals surface area contributed by atoms with E-state index in [1.54, 1.807) is 38.5 Å². The van der Waals surface area contributed by atoms with E-state index in [-0.39, 0.29) is 5.78 Å². The van der Waals surface area contributed by atoms with Crippen molar-refractivity contribution in [3.05, 3.63) is 65.9 Å². The van der Waals surface area contributed by atoms with E-state index in [1.807, 2.05) is 43.6 Å². The molecule has 0 saturated carbocycles. The highest BCUT2D eigenvalue weighted by Gasteiger charge is 2.13. The van der Waals surface area contributed by atoms with Gasteiger partial charge in [-0.2, -0.15) is 0 Å². The lowest BCUT2D eigenvalue weighted by atomic mass is 10.1. The molecule has 2 aromatic carbocycles. The van der Waals surface area contributed by atoms with Crippen molar-refractivity contribution in [1.82, 2.24) is 9.47 Å². The molecular weight excluding hydrogens is 416 g/mol. The summed E-state index contributed by atoms with van der Waals surface area (Å²) in [6.07, 6.45) is 7.19. The second-order valence-electron chi connectivity index (χ2n) is 8.29. The number of hydrogen-bond acceptors (Lipinski definition) is 5. The molecule has 0 aliphatic heterocycles. The van der Waals surface area contributed by atoms with Gasteiger partial charge in [-0.25, -0.2) is 0 Å². The van der Waals surface area contributed by atoms with Crippen LogP contribution in [0.5, 0.6) is 11.5 Å². The zero-order valence-electron chi connectivity index (χ0n) is 20.0. The third-order valence-electron chi connectivity index (χ3n) is 5.72. The molecular formula is C27H34N2O4. The van der Waals surface area contributed by atoms with Crippen LogP contribution in [0.25, 0.3) is 17.0 Å². The number of fused-ring (bicyclic) bond motifs is 1. The van der Waals surface area contributed by atoms with Gasteiger partial charge in [0.1, 0.15) is 0 Å². The normalized spacial score (nSPS) is 12.5. The van der Waals surface area contributed by atoms with E-state index in [0.29, 0.717) is 30.2 Å². The quantitative estimate of drug-likeness (QED) is 0.322. The lowest BCUT2D eigenvalue weighted by molar-refractivity contribution is 0.104. The number of aromatic nitrogens is 1. The van der Waals surface area contributed by atoms with Gasteiger partial charge in [-0.1, -0.05) is 31.5 Å². The minimum Gasteiger partial charge on any atom is -0.493 e. The van der Waals surface area contributed by atoms with Crippen LogP contribution in [0.15, 0.2) is 54.7 Å². The fourth-order valence-electron chi connectivity index (χ4n) is 3.97. The first-order chi connectivity index (χ1) is 16.0. The second kappa shape index (κ2) is 11.7. The monoisotopic (exact) mass is 450 g/mol. The number of rotatable bonds is 12. The molecule has 6 nitrogen and oxygen atoms in total. The molecule has 0 amide bonds. The van der Waals surface area contributed by atoms with Crippen molar-refractivity contribution in [1.29, 1.82) is 0 Å². The first-order valence-corrected chi connectivity index (χ1v) is 11.4. The van der Waals surface area contributed by atoms with Crippen molar-refractivity contribution in [2.75, 3.05) is 34.4 Å². The van der Waals surface area contributed by atoms with E-state index in [9.17, 15) is 9.90 Å². The third kappa shape index (κ3) is 6.24. The van der Waals surface area contributed by atoms with Crippen LogP contribution in [-0.2, 0) is 6.54 Å². The number of carbonyl (C=O) groups excluding carboxylic acids is 1. The maximum Gasteiger partial charge on any atom is 0.185 e. The number of nitrogens with zero attached hydrogens (tertiary/aromatic N) is 2. The number of allylic oxidation sites excluding steroid dienone is 1. The molecule has 3 aromatic rings. The molecule has 0 aliphatic carbocycles. The summed E-state index contributed by atoms with van der Waals surface area (Å²) in [5.74, 6) is 0.983. The molecule has 0 spiro atoms. The third-order valence-corrected chi connectivity index (χ3v) is 5.72. The minimum absolute atomic E-state index is 0.120. The number of ketones is 1. The van der Waals surface area contributed by atoms with Crippen molar-refractivity contribution in [3.8, 4) is 11.5 Å². The average Bonchev–Trinajstić information content (AvgIpc) is 3.17. The maximum atomic E-state index is 12.8. The summed E-state index contributed by atoms with van der Waals surface area (Å²) in [4.78, 5) is 14.9. The molecule has 1 N–H and O–H groups in total. The number of methoxy groups -OCH3 is 2. The Bertz CT molecular complexity index is 1100. The van der Waals surface area contributed by atoms with Crippen molar-refractivity contribution >= 4 is 22.8 Å². The number of unbranched alkanes of at least 4 members (excludes halogenated alkanes) is 1. The molecule has 33 heavy (non-hydrogen) atoms. The highest BCUT2D eigenvalue weighted by molar-refractivity contribution is 6.08. The first kappa shape index (κ1) is 24.6. The number of likely N-dealkylation sites (N-methyl/N-ethyl adjacent to an activating group) is 1. The van der Waals surface area contributed by atoms with Gasteiger partial charge in [0.25, 0.3) is 0 Å². The van der Waals surface area contributed by atoms with E-state index in [2.05, 4.69) is 16.4 Å². The zero-order chi connectivity index (χ0) is 23.8. The fourth-order valence-corrected chi connectivity index (χ4v) is 3.97. The lowest BCUT2D eigenvalue weighted by Crippen LogP contribution is -2.32. The Morgan fingerprint density at radius 2 is 1.91 bits per heavy atom. The Balaban J connectivity index is 1.79.